The normalized spacial score (nSPS) is 14.1. The predicted octanol–water partition coefficient (Wildman–Crippen LogP) is 4.51. The van der Waals surface area contributed by atoms with Gasteiger partial charge in [-0.2, -0.15) is 0 Å². The van der Waals surface area contributed by atoms with Crippen LogP contribution >= 0.6 is 11.3 Å². The van der Waals surface area contributed by atoms with Crippen LogP contribution in [-0.4, -0.2) is 9.97 Å². The lowest BCUT2D eigenvalue weighted by Crippen LogP contribution is -1.81. The van der Waals surface area contributed by atoms with Crippen molar-refractivity contribution >= 4 is 31.6 Å². The van der Waals surface area contributed by atoms with Gasteiger partial charge in [-0.1, -0.05) is 24.2 Å². The highest BCUT2D eigenvalue weighted by molar-refractivity contribution is 7.26. The molecule has 0 radical (unpaired) electrons. The van der Waals surface area contributed by atoms with Crippen molar-refractivity contribution < 1.29 is 5.48 Å². The maximum Gasteiger partial charge on any atom is 0.124 e. The molecule has 4 aromatic rings. The van der Waals surface area contributed by atoms with E-state index in [1.54, 1.807) is 6.20 Å². The Labute approximate surface area is 120 Å². The molecule has 3 heteroatoms. The van der Waals surface area contributed by atoms with Gasteiger partial charge in [0.1, 0.15) is 4.83 Å². The van der Waals surface area contributed by atoms with E-state index in [9.17, 15) is 0 Å². The van der Waals surface area contributed by atoms with Crippen LogP contribution in [0.25, 0.3) is 31.6 Å². The number of hydrogen-bond donors (Lipinski definition) is 0. The van der Waals surface area contributed by atoms with Gasteiger partial charge in [0.15, 0.2) is 0 Å². The van der Waals surface area contributed by atoms with E-state index in [1.165, 1.54) is 11.3 Å². The molecule has 2 nitrogen and oxygen atoms in total. The number of thiophene rings is 1. The molecular weight excluding hydrogens is 252 g/mol. The summed E-state index contributed by atoms with van der Waals surface area (Å²) in [7, 11) is 0. The van der Waals surface area contributed by atoms with Crippen LogP contribution < -0.4 is 0 Å². The molecule has 3 heterocycles. The first-order valence-electron chi connectivity index (χ1n) is 7.79. The third-order valence-electron chi connectivity index (χ3n) is 3.00. The van der Waals surface area contributed by atoms with Gasteiger partial charge in [0.2, 0.25) is 0 Å². The van der Waals surface area contributed by atoms with Crippen LogP contribution in [0.5, 0.6) is 0 Å². The van der Waals surface area contributed by atoms with E-state index in [2.05, 4.69) is 9.97 Å². The smallest absolute Gasteiger partial charge is 0.124 e. The topological polar surface area (TPSA) is 25.8 Å². The molecule has 0 bridgehead atoms. The van der Waals surface area contributed by atoms with Gasteiger partial charge in [-0.15, -0.1) is 11.3 Å². The summed E-state index contributed by atoms with van der Waals surface area (Å²) in [6, 6.07) is 8.88. The number of nitrogens with zero attached hydrogens (tertiary/aromatic N) is 2. The van der Waals surface area contributed by atoms with Crippen LogP contribution in [0.2, 0.25) is 0 Å². The summed E-state index contributed by atoms with van der Waals surface area (Å²) in [6.45, 7) is 0. The third-order valence-corrected chi connectivity index (χ3v) is 4.16. The van der Waals surface area contributed by atoms with Crippen molar-refractivity contribution in [3.8, 4) is 11.3 Å². The number of fused-ring (bicyclic) bond motifs is 3. The second kappa shape index (κ2) is 4.14. The zero-order chi connectivity index (χ0) is 16.1. The summed E-state index contributed by atoms with van der Waals surface area (Å²) in [5.74, 6) is 0. The van der Waals surface area contributed by atoms with E-state index in [-0.39, 0.29) is 30.0 Å². The predicted molar refractivity (Wildman–Crippen MR) is 80.4 cm³/mol. The van der Waals surface area contributed by atoms with Crippen molar-refractivity contribution in [3.63, 3.8) is 0 Å². The van der Waals surface area contributed by atoms with Crippen molar-refractivity contribution in [3.05, 3.63) is 60.8 Å². The molecular formula is C16H10N2S. The Bertz CT molecular complexity index is 1070. The van der Waals surface area contributed by atoms with E-state index in [4.69, 9.17) is 5.48 Å². The Balaban J connectivity index is 2.11. The van der Waals surface area contributed by atoms with E-state index in [1.807, 2.05) is 30.3 Å². The molecule has 3 aromatic heterocycles. The zero-order valence-corrected chi connectivity index (χ0v) is 10.6. The van der Waals surface area contributed by atoms with Gasteiger partial charge in [-0.05, 0) is 24.2 Å². The molecule has 0 fully saturated rings. The maximum atomic E-state index is 8.12. The fourth-order valence-electron chi connectivity index (χ4n) is 2.18. The second-order valence-corrected chi connectivity index (χ2v) is 5.09. The first-order chi connectivity index (χ1) is 11.1. The quantitative estimate of drug-likeness (QED) is 0.506. The van der Waals surface area contributed by atoms with Crippen LogP contribution in [0.4, 0.5) is 0 Å². The molecule has 0 N–H and O–H groups in total. The van der Waals surface area contributed by atoms with Gasteiger partial charge in [-0.3, -0.25) is 4.98 Å². The maximum absolute atomic E-state index is 8.12. The van der Waals surface area contributed by atoms with Crippen molar-refractivity contribution in [2.75, 3.05) is 0 Å². The molecule has 0 aliphatic heterocycles. The third kappa shape index (κ3) is 1.63. The van der Waals surface area contributed by atoms with Crippen molar-refractivity contribution in [1.29, 1.82) is 0 Å². The lowest BCUT2D eigenvalue weighted by molar-refractivity contribution is 1.33. The number of aromatic nitrogens is 2. The lowest BCUT2D eigenvalue weighted by Gasteiger charge is -2.01. The number of benzene rings is 1. The molecule has 0 saturated carbocycles. The molecule has 0 aliphatic carbocycles. The van der Waals surface area contributed by atoms with Crippen LogP contribution in [0.1, 0.15) is 5.48 Å². The van der Waals surface area contributed by atoms with Crippen molar-refractivity contribution in [2.24, 2.45) is 0 Å². The number of rotatable bonds is 1. The Kier molecular flexibility index (Phi) is 1.60. The Morgan fingerprint density at radius 1 is 1.00 bits per heavy atom. The minimum atomic E-state index is -0.316. The van der Waals surface area contributed by atoms with Crippen LogP contribution in [0.15, 0.2) is 60.8 Å². The minimum absolute atomic E-state index is 0.121. The van der Waals surface area contributed by atoms with E-state index >= 15 is 0 Å². The van der Waals surface area contributed by atoms with Gasteiger partial charge >= 0.3 is 0 Å². The van der Waals surface area contributed by atoms with Gasteiger partial charge < -0.3 is 0 Å². The zero-order valence-electron chi connectivity index (χ0n) is 13.8. The average molecular weight is 266 g/mol. The van der Waals surface area contributed by atoms with Crippen LogP contribution in [0.3, 0.4) is 0 Å². The molecule has 0 unspecified atom stereocenters. The summed E-state index contributed by atoms with van der Waals surface area (Å²) < 4.78 is 32.3. The molecule has 0 aliphatic rings. The van der Waals surface area contributed by atoms with Crippen molar-refractivity contribution in [1.82, 2.24) is 9.97 Å². The Morgan fingerprint density at radius 2 is 1.95 bits per heavy atom. The highest BCUT2D eigenvalue weighted by Gasteiger charge is 2.10. The minimum Gasteiger partial charge on any atom is -0.256 e. The number of hydrogen-bond acceptors (Lipinski definition) is 3. The fourth-order valence-corrected chi connectivity index (χ4v) is 3.33. The first kappa shape index (κ1) is 7.36. The Morgan fingerprint density at radius 3 is 2.95 bits per heavy atom. The molecule has 0 atom stereocenters. The first-order valence-corrected chi connectivity index (χ1v) is 6.60. The summed E-state index contributed by atoms with van der Waals surface area (Å²) in [5.41, 5.74) is 0.977. The average Bonchev–Trinajstić information content (AvgIpc) is 2.95. The van der Waals surface area contributed by atoms with Gasteiger partial charge in [0.05, 0.1) is 11.2 Å². The van der Waals surface area contributed by atoms with E-state index in [0.717, 1.165) is 20.3 Å². The summed E-state index contributed by atoms with van der Waals surface area (Å²) >= 11 is 1.50. The Hall–Kier alpha value is -2.26. The molecule has 0 saturated heterocycles. The molecule has 4 rings (SSSR count). The largest absolute Gasteiger partial charge is 0.256 e. The fraction of sp³-hybridized carbons (Fsp3) is 0. The monoisotopic (exact) mass is 266 g/mol. The summed E-state index contributed by atoms with van der Waals surface area (Å²) in [6.07, 6.45) is 1.46. The molecule has 1 aromatic carbocycles. The highest BCUT2D eigenvalue weighted by Crippen LogP contribution is 2.37. The second-order valence-electron chi connectivity index (χ2n) is 4.09. The van der Waals surface area contributed by atoms with E-state index < -0.39 is 0 Å². The molecule has 0 amide bonds. The lowest BCUT2D eigenvalue weighted by atomic mass is 10.1. The standard InChI is InChI=1S/C16H10N2S/c1-2-9-17-14(8-1)13-6-3-5-11-12-7-4-10-18-16(12)19-15(11)13/h1-10H/i1D,2D,8D,9D. The van der Waals surface area contributed by atoms with Gasteiger partial charge in [0.25, 0.3) is 0 Å². The molecule has 90 valence electrons. The molecule has 19 heavy (non-hydrogen) atoms. The highest BCUT2D eigenvalue weighted by atomic mass is 32.1. The number of pyridine rings is 2. The van der Waals surface area contributed by atoms with Gasteiger partial charge in [0, 0.05) is 33.4 Å². The van der Waals surface area contributed by atoms with Crippen LogP contribution in [0, 0.1) is 0 Å². The summed E-state index contributed by atoms with van der Waals surface area (Å²) in [4.78, 5) is 9.35. The van der Waals surface area contributed by atoms with Gasteiger partial charge in [-0.25, -0.2) is 4.98 Å². The summed E-state index contributed by atoms with van der Waals surface area (Å²) in [5, 5.41) is 2.06. The van der Waals surface area contributed by atoms with Crippen LogP contribution in [-0.2, 0) is 0 Å². The molecule has 0 spiro atoms. The van der Waals surface area contributed by atoms with Crippen molar-refractivity contribution in [2.45, 2.75) is 0 Å². The van der Waals surface area contributed by atoms with E-state index in [0.29, 0.717) is 5.56 Å². The SMILES string of the molecule is [2H]c1nc(-c2cccc3c2sc2ncccc23)c([2H])c([2H])c1[2H].